The first kappa shape index (κ1) is 35.3. The van der Waals surface area contributed by atoms with E-state index in [-0.39, 0.29) is 6.61 Å². The lowest BCUT2D eigenvalue weighted by Gasteiger charge is -2.38. The number of methoxy groups -OCH3 is 2. The SMILES string of the molecule is COc1ccc(O[C@@H]([C@H](O)COC(c2ccccc2)(c2ccccc2)c2ccccc2)[C@H](Oc2ccc(OC)cc2)c2cnc3cc(C)nn3c2)cc1. The second kappa shape index (κ2) is 16.0. The standard InChI is InChI=1S/C44H41N3O6/c1-31-27-41-45-28-32(29-47(41)46-31)42(52-38-23-19-36(49-2)20-24-38)43(53-39-25-21-37(50-3)22-26-39)40(48)30-51-44(33-13-7-4-8-14-33,34-15-9-5-10-16-34)35-17-11-6-12-18-35/h4-29,40,42-43,48H,30H2,1-3H3/t40-,42-,43+/m1/s1. The van der Waals surface area contributed by atoms with Crippen molar-refractivity contribution < 1.29 is 28.8 Å². The highest BCUT2D eigenvalue weighted by Crippen LogP contribution is 2.41. The summed E-state index contributed by atoms with van der Waals surface area (Å²) in [6.07, 6.45) is 0.450. The van der Waals surface area contributed by atoms with Gasteiger partial charge in [0.2, 0.25) is 0 Å². The van der Waals surface area contributed by atoms with Crippen molar-refractivity contribution in [3.05, 3.63) is 186 Å². The van der Waals surface area contributed by atoms with Crippen molar-refractivity contribution in [3.8, 4) is 23.0 Å². The van der Waals surface area contributed by atoms with Gasteiger partial charge in [0.05, 0.1) is 26.5 Å². The van der Waals surface area contributed by atoms with Crippen LogP contribution in [0.5, 0.6) is 23.0 Å². The lowest BCUT2D eigenvalue weighted by atomic mass is 9.80. The van der Waals surface area contributed by atoms with E-state index in [9.17, 15) is 5.11 Å². The summed E-state index contributed by atoms with van der Waals surface area (Å²) < 4.78 is 33.0. The van der Waals surface area contributed by atoms with E-state index in [1.165, 1.54) is 0 Å². The van der Waals surface area contributed by atoms with Gasteiger partial charge in [-0.05, 0) is 72.1 Å². The first-order valence-electron chi connectivity index (χ1n) is 17.4. The van der Waals surface area contributed by atoms with Gasteiger partial charge in [-0.2, -0.15) is 5.10 Å². The van der Waals surface area contributed by atoms with Crippen molar-refractivity contribution in [1.29, 1.82) is 0 Å². The summed E-state index contributed by atoms with van der Waals surface area (Å²) in [5.41, 5.74) is 3.79. The zero-order valence-electron chi connectivity index (χ0n) is 29.8. The summed E-state index contributed by atoms with van der Waals surface area (Å²) in [6.45, 7) is 1.77. The number of benzene rings is 5. The highest BCUT2D eigenvalue weighted by Gasteiger charge is 2.41. The third kappa shape index (κ3) is 7.72. The molecule has 0 radical (unpaired) electrons. The van der Waals surface area contributed by atoms with Gasteiger partial charge >= 0.3 is 0 Å². The lowest BCUT2D eigenvalue weighted by Crippen LogP contribution is -2.45. The van der Waals surface area contributed by atoms with E-state index in [4.69, 9.17) is 23.7 Å². The highest BCUT2D eigenvalue weighted by molar-refractivity contribution is 5.47. The largest absolute Gasteiger partial charge is 0.497 e. The van der Waals surface area contributed by atoms with E-state index in [2.05, 4.69) is 10.1 Å². The zero-order valence-corrected chi connectivity index (χ0v) is 29.8. The number of fused-ring (bicyclic) bond motifs is 1. The summed E-state index contributed by atoms with van der Waals surface area (Å²) in [6, 6.07) is 46.5. The average Bonchev–Trinajstić information content (AvgIpc) is 3.60. The summed E-state index contributed by atoms with van der Waals surface area (Å²) in [5.74, 6) is 2.40. The Balaban J connectivity index is 1.33. The van der Waals surface area contributed by atoms with Crippen LogP contribution in [0.1, 0.15) is 34.1 Å². The number of hydrogen-bond acceptors (Lipinski definition) is 8. The van der Waals surface area contributed by atoms with Crippen molar-refractivity contribution in [2.45, 2.75) is 30.8 Å². The van der Waals surface area contributed by atoms with Crippen molar-refractivity contribution in [2.75, 3.05) is 20.8 Å². The second-order valence-electron chi connectivity index (χ2n) is 12.6. The molecule has 268 valence electrons. The predicted octanol–water partition coefficient (Wildman–Crippen LogP) is 7.99. The van der Waals surface area contributed by atoms with Gasteiger partial charge in [-0.3, -0.25) is 0 Å². The monoisotopic (exact) mass is 707 g/mol. The molecule has 0 aliphatic carbocycles. The van der Waals surface area contributed by atoms with Crippen LogP contribution in [0.2, 0.25) is 0 Å². The van der Waals surface area contributed by atoms with E-state index in [0.717, 1.165) is 22.4 Å². The van der Waals surface area contributed by atoms with E-state index in [0.29, 0.717) is 34.2 Å². The van der Waals surface area contributed by atoms with Crippen LogP contribution in [0.15, 0.2) is 158 Å². The number of aliphatic hydroxyl groups excluding tert-OH is 1. The molecule has 0 aliphatic heterocycles. The molecule has 0 saturated carbocycles. The molecule has 2 heterocycles. The van der Waals surface area contributed by atoms with Gasteiger partial charge in [-0.1, -0.05) is 91.0 Å². The third-order valence-corrected chi connectivity index (χ3v) is 9.13. The third-order valence-electron chi connectivity index (χ3n) is 9.13. The van der Waals surface area contributed by atoms with Gasteiger partial charge in [0.25, 0.3) is 0 Å². The Kier molecular flexibility index (Phi) is 10.7. The van der Waals surface area contributed by atoms with E-state index < -0.39 is 23.9 Å². The molecule has 0 spiro atoms. The Hall–Kier alpha value is -6.16. The molecule has 0 amide bonds. The molecule has 53 heavy (non-hydrogen) atoms. The molecule has 2 aromatic heterocycles. The van der Waals surface area contributed by atoms with Crippen LogP contribution in [0.3, 0.4) is 0 Å². The summed E-state index contributed by atoms with van der Waals surface area (Å²) in [5, 5.41) is 17.1. The molecule has 0 bridgehead atoms. The first-order valence-corrected chi connectivity index (χ1v) is 17.4. The minimum Gasteiger partial charge on any atom is -0.497 e. The predicted molar refractivity (Wildman–Crippen MR) is 203 cm³/mol. The smallest absolute Gasteiger partial charge is 0.168 e. The highest BCUT2D eigenvalue weighted by atomic mass is 16.6. The Bertz CT molecular complexity index is 2100. The normalized spacial score (nSPS) is 13.2. The molecule has 9 heteroatoms. The van der Waals surface area contributed by atoms with Crippen LogP contribution >= 0.6 is 0 Å². The summed E-state index contributed by atoms with van der Waals surface area (Å²) in [4.78, 5) is 4.68. The number of hydrogen-bond donors (Lipinski definition) is 1. The molecule has 3 atom stereocenters. The number of nitrogens with zero attached hydrogens (tertiary/aromatic N) is 3. The number of aliphatic hydroxyl groups is 1. The van der Waals surface area contributed by atoms with Crippen LogP contribution in [-0.4, -0.2) is 52.7 Å². The molecular weight excluding hydrogens is 666 g/mol. The lowest BCUT2D eigenvalue weighted by molar-refractivity contribution is -0.0974. The molecule has 0 unspecified atom stereocenters. The maximum Gasteiger partial charge on any atom is 0.168 e. The van der Waals surface area contributed by atoms with Crippen LogP contribution in [0.4, 0.5) is 0 Å². The fraction of sp³-hybridized carbons (Fsp3) is 0.182. The number of aromatic nitrogens is 3. The van der Waals surface area contributed by atoms with E-state index in [1.807, 2.05) is 134 Å². The van der Waals surface area contributed by atoms with Crippen LogP contribution in [-0.2, 0) is 10.3 Å². The maximum atomic E-state index is 12.5. The Morgan fingerprint density at radius 3 is 1.60 bits per heavy atom. The number of aryl methyl sites for hydroxylation is 1. The second-order valence-corrected chi connectivity index (χ2v) is 12.6. The van der Waals surface area contributed by atoms with E-state index in [1.54, 1.807) is 49.2 Å². The fourth-order valence-electron chi connectivity index (χ4n) is 6.51. The minimum absolute atomic E-state index is 0.140. The van der Waals surface area contributed by atoms with Gasteiger partial charge in [-0.15, -0.1) is 0 Å². The summed E-state index contributed by atoms with van der Waals surface area (Å²) in [7, 11) is 3.22. The van der Waals surface area contributed by atoms with Crippen LogP contribution < -0.4 is 18.9 Å². The quantitative estimate of drug-likeness (QED) is 0.107. The Morgan fingerprint density at radius 1 is 0.642 bits per heavy atom. The molecule has 7 rings (SSSR count). The number of ether oxygens (including phenoxy) is 5. The molecule has 0 aliphatic rings. The molecule has 9 nitrogen and oxygen atoms in total. The number of rotatable bonds is 15. The van der Waals surface area contributed by atoms with E-state index >= 15 is 0 Å². The van der Waals surface area contributed by atoms with Crippen LogP contribution in [0.25, 0.3) is 5.65 Å². The topological polar surface area (TPSA) is 96.6 Å². The summed E-state index contributed by atoms with van der Waals surface area (Å²) >= 11 is 0. The van der Waals surface area contributed by atoms with Crippen molar-refractivity contribution in [1.82, 2.24) is 14.6 Å². The van der Waals surface area contributed by atoms with Gasteiger partial charge in [0, 0.05) is 24.0 Å². The molecular formula is C44H41N3O6. The molecule has 7 aromatic rings. The first-order chi connectivity index (χ1) is 26.0. The van der Waals surface area contributed by atoms with Crippen molar-refractivity contribution in [3.63, 3.8) is 0 Å². The fourth-order valence-corrected chi connectivity index (χ4v) is 6.51. The molecule has 5 aromatic carbocycles. The Labute approximate surface area is 309 Å². The molecule has 0 fully saturated rings. The zero-order chi connectivity index (χ0) is 36.6. The maximum absolute atomic E-state index is 12.5. The Morgan fingerprint density at radius 2 is 1.11 bits per heavy atom. The molecule has 0 saturated heterocycles. The van der Waals surface area contributed by atoms with Crippen molar-refractivity contribution >= 4 is 5.65 Å². The van der Waals surface area contributed by atoms with Crippen molar-refractivity contribution in [2.24, 2.45) is 0 Å². The average molecular weight is 708 g/mol. The van der Waals surface area contributed by atoms with Crippen LogP contribution in [0, 0.1) is 6.92 Å². The van der Waals surface area contributed by atoms with Gasteiger partial charge in [0.15, 0.2) is 17.9 Å². The minimum atomic E-state index is -1.23. The molecule has 1 N–H and O–H groups in total. The van der Waals surface area contributed by atoms with Gasteiger partial charge in [0.1, 0.15) is 34.7 Å². The van der Waals surface area contributed by atoms with Gasteiger partial charge < -0.3 is 28.8 Å². The van der Waals surface area contributed by atoms with Gasteiger partial charge in [-0.25, -0.2) is 9.50 Å².